The number of aromatic nitrogens is 4. The van der Waals surface area contributed by atoms with Gasteiger partial charge < -0.3 is 15.5 Å². The van der Waals surface area contributed by atoms with E-state index >= 15 is 0 Å². The molecule has 28 heavy (non-hydrogen) atoms. The first-order valence-corrected chi connectivity index (χ1v) is 10.1. The van der Waals surface area contributed by atoms with Crippen LogP contribution in [-0.4, -0.2) is 44.9 Å². The maximum atomic E-state index is 12.3. The molecule has 0 radical (unpaired) electrons. The molecule has 1 aliphatic rings. The summed E-state index contributed by atoms with van der Waals surface area (Å²) in [6.07, 6.45) is 4.80. The lowest BCUT2D eigenvalue weighted by atomic mass is 10.0. The minimum atomic E-state index is -0.202. The van der Waals surface area contributed by atoms with Crippen molar-refractivity contribution < 1.29 is 4.79 Å². The summed E-state index contributed by atoms with van der Waals surface area (Å²) >= 11 is 3.54. The minimum absolute atomic E-state index is 0.167. The largest absolute Gasteiger partial charge is 0.351 e. The van der Waals surface area contributed by atoms with Crippen molar-refractivity contribution in [1.82, 2.24) is 25.1 Å². The highest BCUT2D eigenvalue weighted by molar-refractivity contribution is 9.10. The van der Waals surface area contributed by atoms with Crippen molar-refractivity contribution in [2.24, 2.45) is 7.05 Å². The molecular weight excluding hydrogens is 422 g/mol. The number of urea groups is 1. The van der Waals surface area contributed by atoms with Gasteiger partial charge in [0.05, 0.1) is 5.39 Å². The fraction of sp³-hybridized carbons (Fsp3) is 0.368. The van der Waals surface area contributed by atoms with Crippen LogP contribution >= 0.6 is 15.9 Å². The van der Waals surface area contributed by atoms with Gasteiger partial charge in [-0.05, 0) is 47.3 Å². The number of anilines is 2. The Labute approximate surface area is 171 Å². The van der Waals surface area contributed by atoms with Crippen molar-refractivity contribution in [1.29, 1.82) is 0 Å². The van der Waals surface area contributed by atoms with Crippen molar-refractivity contribution in [3.63, 3.8) is 0 Å². The number of rotatable bonds is 4. The lowest BCUT2D eigenvalue weighted by Crippen LogP contribution is -2.48. The number of benzene rings is 1. The molecule has 1 fully saturated rings. The Balaban J connectivity index is 1.50. The Kier molecular flexibility index (Phi) is 5.43. The second-order valence-electron chi connectivity index (χ2n) is 6.85. The van der Waals surface area contributed by atoms with E-state index in [0.29, 0.717) is 6.54 Å². The molecule has 2 N–H and O–H groups in total. The zero-order valence-electron chi connectivity index (χ0n) is 15.6. The van der Waals surface area contributed by atoms with Gasteiger partial charge in [-0.2, -0.15) is 5.10 Å². The van der Waals surface area contributed by atoms with Crippen molar-refractivity contribution in [2.45, 2.75) is 25.3 Å². The summed E-state index contributed by atoms with van der Waals surface area (Å²) in [5.41, 5.74) is 1.56. The summed E-state index contributed by atoms with van der Waals surface area (Å²) in [5.74, 6) is 0.861. The molecule has 3 aromatic rings. The highest BCUT2D eigenvalue weighted by atomic mass is 79.9. The molecule has 0 spiro atoms. The lowest BCUT2D eigenvalue weighted by Gasteiger charge is -2.37. The average molecular weight is 444 g/mol. The molecule has 146 valence electrons. The van der Waals surface area contributed by atoms with E-state index in [1.54, 1.807) is 11.0 Å². The monoisotopic (exact) mass is 443 g/mol. The van der Waals surface area contributed by atoms with E-state index in [2.05, 4.69) is 46.5 Å². The molecule has 1 saturated heterocycles. The average Bonchev–Trinajstić information content (AvgIpc) is 3.01. The smallest absolute Gasteiger partial charge is 0.319 e. The molecule has 2 aromatic heterocycles. The predicted octanol–water partition coefficient (Wildman–Crippen LogP) is 3.31. The summed E-state index contributed by atoms with van der Waals surface area (Å²) in [5, 5.41) is 11.2. The van der Waals surface area contributed by atoms with E-state index in [9.17, 15) is 4.79 Å². The number of para-hydroxylation sites is 1. The minimum Gasteiger partial charge on any atom is -0.351 e. The van der Waals surface area contributed by atoms with Crippen LogP contribution < -0.4 is 15.5 Å². The first kappa shape index (κ1) is 18.7. The van der Waals surface area contributed by atoms with Crippen LogP contribution in [0.3, 0.4) is 0 Å². The van der Waals surface area contributed by atoms with E-state index in [4.69, 9.17) is 0 Å². The van der Waals surface area contributed by atoms with Crippen molar-refractivity contribution in [2.75, 3.05) is 23.3 Å². The fourth-order valence-corrected chi connectivity index (χ4v) is 4.24. The summed E-state index contributed by atoms with van der Waals surface area (Å²) in [7, 11) is 1.87. The van der Waals surface area contributed by atoms with Gasteiger partial charge in [0.2, 0.25) is 0 Å². The number of carbonyl (C=O) groups excluding carboxylic acids is 1. The summed E-state index contributed by atoms with van der Waals surface area (Å²) < 4.78 is 2.48. The number of fused-ring (bicyclic) bond motifs is 1. The molecule has 9 heteroatoms. The molecule has 1 aromatic carbocycles. The molecule has 1 unspecified atom stereocenters. The number of halogens is 1. The van der Waals surface area contributed by atoms with Crippen LogP contribution in [-0.2, 0) is 7.05 Å². The Morgan fingerprint density at radius 3 is 2.89 bits per heavy atom. The Bertz CT molecular complexity index is 975. The second kappa shape index (κ2) is 8.14. The predicted molar refractivity (Wildman–Crippen MR) is 112 cm³/mol. The second-order valence-corrected chi connectivity index (χ2v) is 7.61. The molecule has 0 bridgehead atoms. The molecule has 2 amide bonds. The summed E-state index contributed by atoms with van der Waals surface area (Å²) in [4.78, 5) is 23.5. The lowest BCUT2D eigenvalue weighted by molar-refractivity contribution is 0.250. The number of nitrogens with one attached hydrogen (secondary N) is 2. The van der Waals surface area contributed by atoms with Crippen LogP contribution in [0.2, 0.25) is 0 Å². The Morgan fingerprint density at radius 1 is 1.25 bits per heavy atom. The highest BCUT2D eigenvalue weighted by Crippen LogP contribution is 2.32. The number of amides is 2. The standard InChI is InChI=1S/C19H22BrN7O/c1-26-17-15(16(20)25-26)18(23-12-22-17)27-10-6-5-9-14(27)11-21-19(28)24-13-7-3-2-4-8-13/h2-4,7-8,12,14H,5-6,9-11H2,1H3,(H2,21,24,28). The van der Waals surface area contributed by atoms with Gasteiger partial charge >= 0.3 is 6.03 Å². The van der Waals surface area contributed by atoms with Crippen LogP contribution in [0.1, 0.15) is 19.3 Å². The zero-order valence-corrected chi connectivity index (χ0v) is 17.2. The molecule has 1 aliphatic heterocycles. The van der Waals surface area contributed by atoms with E-state index in [1.165, 1.54) is 0 Å². The van der Waals surface area contributed by atoms with E-state index < -0.39 is 0 Å². The van der Waals surface area contributed by atoms with Crippen LogP contribution in [0.15, 0.2) is 41.3 Å². The van der Waals surface area contributed by atoms with E-state index in [-0.39, 0.29) is 12.1 Å². The van der Waals surface area contributed by atoms with Crippen LogP contribution in [0.25, 0.3) is 11.0 Å². The number of aryl methyl sites for hydroxylation is 1. The highest BCUT2D eigenvalue weighted by Gasteiger charge is 2.27. The molecule has 8 nitrogen and oxygen atoms in total. The quantitative estimate of drug-likeness (QED) is 0.645. The number of piperidine rings is 1. The maximum absolute atomic E-state index is 12.3. The van der Waals surface area contributed by atoms with Crippen LogP contribution in [0.4, 0.5) is 16.3 Å². The third-order valence-corrected chi connectivity index (χ3v) is 5.54. The van der Waals surface area contributed by atoms with Gasteiger partial charge in [0.15, 0.2) is 5.65 Å². The molecule has 4 rings (SSSR count). The van der Waals surface area contributed by atoms with Crippen molar-refractivity contribution in [3.8, 4) is 0 Å². The van der Waals surface area contributed by atoms with Crippen LogP contribution in [0, 0.1) is 0 Å². The third-order valence-electron chi connectivity index (χ3n) is 4.99. The van der Waals surface area contributed by atoms with E-state index in [1.807, 2.05) is 37.4 Å². The number of carbonyl (C=O) groups is 1. The molecule has 1 atom stereocenters. The SMILES string of the molecule is Cn1nc(Br)c2c(N3CCCCC3CNC(=O)Nc3ccccc3)ncnc21. The summed E-state index contributed by atoms with van der Waals surface area (Å²) in [6.45, 7) is 1.43. The molecule has 0 aliphatic carbocycles. The number of hydrogen-bond donors (Lipinski definition) is 2. The van der Waals surface area contributed by atoms with Gasteiger partial charge in [-0.1, -0.05) is 18.2 Å². The van der Waals surface area contributed by atoms with Crippen molar-refractivity contribution >= 4 is 44.5 Å². The van der Waals surface area contributed by atoms with E-state index in [0.717, 1.165) is 52.9 Å². The first-order chi connectivity index (χ1) is 13.6. The van der Waals surface area contributed by atoms with Gasteiger partial charge in [-0.25, -0.2) is 19.4 Å². The van der Waals surface area contributed by atoms with Gasteiger partial charge in [-0.15, -0.1) is 0 Å². The van der Waals surface area contributed by atoms with Crippen LogP contribution in [0.5, 0.6) is 0 Å². The van der Waals surface area contributed by atoms with Crippen molar-refractivity contribution in [3.05, 3.63) is 41.3 Å². The Morgan fingerprint density at radius 2 is 2.07 bits per heavy atom. The number of nitrogens with zero attached hydrogens (tertiary/aromatic N) is 5. The number of hydrogen-bond acceptors (Lipinski definition) is 5. The normalized spacial score (nSPS) is 16.9. The maximum Gasteiger partial charge on any atom is 0.319 e. The third kappa shape index (κ3) is 3.80. The first-order valence-electron chi connectivity index (χ1n) is 9.33. The summed E-state index contributed by atoms with van der Waals surface area (Å²) in [6, 6.07) is 9.40. The van der Waals surface area contributed by atoms with Gasteiger partial charge in [0, 0.05) is 31.9 Å². The van der Waals surface area contributed by atoms with Gasteiger partial charge in [0.1, 0.15) is 16.7 Å². The zero-order chi connectivity index (χ0) is 19.5. The Hall–Kier alpha value is -2.68. The molecule has 3 heterocycles. The fourth-order valence-electron chi connectivity index (χ4n) is 3.64. The molecule has 0 saturated carbocycles. The van der Waals surface area contributed by atoms with Gasteiger partial charge in [-0.3, -0.25) is 0 Å². The van der Waals surface area contributed by atoms with Gasteiger partial charge in [0.25, 0.3) is 0 Å². The topological polar surface area (TPSA) is 88.0 Å². The molecular formula is C19H22BrN7O.